The Kier molecular flexibility index (Phi) is 4.75. The zero-order valence-corrected chi connectivity index (χ0v) is 9.85. The van der Waals surface area contributed by atoms with Gasteiger partial charge in [-0.2, -0.15) is 13.2 Å². The summed E-state index contributed by atoms with van der Waals surface area (Å²) in [5.74, 6) is -1.21. The minimum Gasteiger partial charge on any atom is -0.350 e. The Hall–Kier alpha value is -0.820. The Balaban J connectivity index is 4.47. The van der Waals surface area contributed by atoms with Crippen molar-refractivity contribution < 1.29 is 18.0 Å². The maximum Gasteiger partial charge on any atom is 0.415 e. The molecule has 2 atom stereocenters. The summed E-state index contributed by atoms with van der Waals surface area (Å²) in [6.07, 6.45) is -4.76. The van der Waals surface area contributed by atoms with Gasteiger partial charge in [0.2, 0.25) is 5.91 Å². The number of carbonyl (C=O) groups excluding carboxylic acids is 1. The first-order chi connectivity index (χ1) is 6.98. The van der Waals surface area contributed by atoms with Gasteiger partial charge in [-0.3, -0.25) is 4.79 Å². The third-order valence-electron chi connectivity index (χ3n) is 2.08. The molecule has 0 aromatic heterocycles. The van der Waals surface area contributed by atoms with Crippen molar-refractivity contribution in [3.05, 3.63) is 0 Å². The third-order valence-corrected chi connectivity index (χ3v) is 2.08. The van der Waals surface area contributed by atoms with Gasteiger partial charge in [0.15, 0.2) is 5.54 Å². The van der Waals surface area contributed by atoms with Crippen molar-refractivity contribution in [1.82, 2.24) is 10.2 Å². The fraction of sp³-hybridized carbons (Fsp3) is 0.889. The predicted octanol–water partition coefficient (Wildman–Crippen LogP) is 0.332. The molecule has 0 rings (SSSR count). The standard InChI is InChI=1S/C9H18F3N3O/c1-6(5-15(3)4)14-7(16)8(2,13)9(10,11)12/h6H,5,13H2,1-4H3,(H,14,16). The normalized spacial score (nSPS) is 18.1. The highest BCUT2D eigenvalue weighted by Gasteiger charge is 2.54. The van der Waals surface area contributed by atoms with Gasteiger partial charge >= 0.3 is 6.18 Å². The van der Waals surface area contributed by atoms with Crippen LogP contribution < -0.4 is 11.1 Å². The summed E-state index contributed by atoms with van der Waals surface area (Å²) in [5.41, 5.74) is 2.11. The lowest BCUT2D eigenvalue weighted by atomic mass is 10.0. The van der Waals surface area contributed by atoms with Crippen LogP contribution in [0.5, 0.6) is 0 Å². The van der Waals surface area contributed by atoms with Gasteiger partial charge in [-0.15, -0.1) is 0 Å². The van der Waals surface area contributed by atoms with Crippen molar-refractivity contribution in [1.29, 1.82) is 0 Å². The molecule has 0 heterocycles. The van der Waals surface area contributed by atoms with Crippen molar-refractivity contribution in [3.63, 3.8) is 0 Å². The van der Waals surface area contributed by atoms with Gasteiger partial charge in [0, 0.05) is 12.6 Å². The summed E-state index contributed by atoms with van der Waals surface area (Å²) < 4.78 is 37.2. The van der Waals surface area contributed by atoms with Gasteiger partial charge in [0.25, 0.3) is 0 Å². The molecule has 0 aliphatic heterocycles. The first-order valence-electron chi connectivity index (χ1n) is 4.79. The van der Waals surface area contributed by atoms with Crippen molar-refractivity contribution in [2.75, 3.05) is 20.6 Å². The van der Waals surface area contributed by atoms with Crippen molar-refractivity contribution in [3.8, 4) is 0 Å². The van der Waals surface area contributed by atoms with Crippen LogP contribution in [0.1, 0.15) is 13.8 Å². The minimum atomic E-state index is -4.76. The SMILES string of the molecule is CC(CN(C)C)NC(=O)C(C)(N)C(F)(F)F. The Morgan fingerprint density at radius 2 is 1.88 bits per heavy atom. The minimum absolute atomic E-state index is 0.396. The molecule has 0 aromatic rings. The van der Waals surface area contributed by atoms with Crippen LogP contribution in [0, 0.1) is 0 Å². The molecular formula is C9H18F3N3O. The van der Waals surface area contributed by atoms with E-state index in [2.05, 4.69) is 5.32 Å². The van der Waals surface area contributed by atoms with E-state index in [0.717, 1.165) is 0 Å². The molecule has 2 unspecified atom stereocenters. The Morgan fingerprint density at radius 3 is 2.19 bits per heavy atom. The lowest BCUT2D eigenvalue weighted by Crippen LogP contribution is -2.63. The molecule has 0 spiro atoms. The zero-order chi connectivity index (χ0) is 13.1. The number of hydrogen-bond donors (Lipinski definition) is 2. The fourth-order valence-corrected chi connectivity index (χ4v) is 1.10. The van der Waals surface area contributed by atoms with E-state index in [0.29, 0.717) is 13.5 Å². The van der Waals surface area contributed by atoms with Crippen molar-refractivity contribution >= 4 is 5.91 Å². The van der Waals surface area contributed by atoms with Gasteiger partial charge in [0.1, 0.15) is 0 Å². The number of halogens is 3. The van der Waals surface area contributed by atoms with Gasteiger partial charge in [-0.05, 0) is 27.9 Å². The number of likely N-dealkylation sites (N-methyl/N-ethyl adjacent to an activating group) is 1. The number of alkyl halides is 3. The van der Waals surface area contributed by atoms with E-state index < -0.39 is 23.7 Å². The van der Waals surface area contributed by atoms with Gasteiger partial charge < -0.3 is 16.0 Å². The highest BCUT2D eigenvalue weighted by Crippen LogP contribution is 2.27. The van der Waals surface area contributed by atoms with Gasteiger partial charge in [-0.1, -0.05) is 0 Å². The molecule has 4 nitrogen and oxygen atoms in total. The molecule has 0 aliphatic rings. The van der Waals surface area contributed by atoms with E-state index in [1.807, 2.05) is 0 Å². The first-order valence-corrected chi connectivity index (χ1v) is 4.79. The van der Waals surface area contributed by atoms with Crippen molar-refractivity contribution in [2.45, 2.75) is 31.6 Å². The third kappa shape index (κ3) is 3.97. The number of rotatable bonds is 4. The number of hydrogen-bond acceptors (Lipinski definition) is 3. The molecule has 3 N–H and O–H groups in total. The summed E-state index contributed by atoms with van der Waals surface area (Å²) in [6, 6.07) is -0.396. The molecule has 0 bridgehead atoms. The van der Waals surface area contributed by atoms with Crippen LogP contribution in [0.3, 0.4) is 0 Å². The Labute approximate surface area is 93.0 Å². The van der Waals surface area contributed by atoms with Gasteiger partial charge in [0.05, 0.1) is 0 Å². The van der Waals surface area contributed by atoms with Crippen LogP contribution in [-0.2, 0) is 4.79 Å². The summed E-state index contributed by atoms with van der Waals surface area (Å²) in [5, 5.41) is 2.23. The predicted molar refractivity (Wildman–Crippen MR) is 54.8 cm³/mol. The maximum absolute atomic E-state index is 12.4. The second-order valence-electron chi connectivity index (χ2n) is 4.34. The number of nitrogens with zero attached hydrogens (tertiary/aromatic N) is 1. The molecule has 1 amide bonds. The topological polar surface area (TPSA) is 58.4 Å². The molecule has 0 radical (unpaired) electrons. The van der Waals surface area contributed by atoms with E-state index in [4.69, 9.17) is 5.73 Å². The highest BCUT2D eigenvalue weighted by molar-refractivity contribution is 5.86. The summed E-state index contributed by atoms with van der Waals surface area (Å²) in [6.45, 7) is 2.72. The van der Waals surface area contributed by atoms with Crippen molar-refractivity contribution in [2.24, 2.45) is 5.73 Å². The lowest BCUT2D eigenvalue weighted by molar-refractivity contribution is -0.187. The number of carbonyl (C=O) groups is 1. The molecule has 96 valence electrons. The van der Waals surface area contributed by atoms with E-state index in [-0.39, 0.29) is 0 Å². The van der Waals surface area contributed by atoms with Crippen LogP contribution in [0.25, 0.3) is 0 Å². The number of amides is 1. The molecular weight excluding hydrogens is 223 g/mol. The first kappa shape index (κ1) is 15.2. The Morgan fingerprint density at radius 1 is 1.44 bits per heavy atom. The quantitative estimate of drug-likeness (QED) is 0.746. The maximum atomic E-state index is 12.4. The average molecular weight is 241 g/mol. The summed E-state index contributed by atoms with van der Waals surface area (Å²) in [4.78, 5) is 13.1. The molecule has 0 aromatic carbocycles. The summed E-state index contributed by atoms with van der Waals surface area (Å²) in [7, 11) is 3.52. The summed E-state index contributed by atoms with van der Waals surface area (Å²) >= 11 is 0. The van der Waals surface area contributed by atoms with Crippen LogP contribution >= 0.6 is 0 Å². The van der Waals surface area contributed by atoms with E-state index in [1.165, 1.54) is 0 Å². The average Bonchev–Trinajstić information content (AvgIpc) is 1.99. The van der Waals surface area contributed by atoms with Crippen LogP contribution in [0.2, 0.25) is 0 Å². The van der Waals surface area contributed by atoms with E-state index in [1.54, 1.807) is 25.9 Å². The largest absolute Gasteiger partial charge is 0.415 e. The smallest absolute Gasteiger partial charge is 0.350 e. The molecule has 0 saturated carbocycles. The Bertz CT molecular complexity index is 251. The highest BCUT2D eigenvalue weighted by atomic mass is 19.4. The number of nitrogens with one attached hydrogen (secondary N) is 1. The second-order valence-corrected chi connectivity index (χ2v) is 4.34. The zero-order valence-electron chi connectivity index (χ0n) is 9.85. The fourth-order valence-electron chi connectivity index (χ4n) is 1.10. The van der Waals surface area contributed by atoms with Crippen LogP contribution in [-0.4, -0.2) is 49.2 Å². The second kappa shape index (κ2) is 5.01. The van der Waals surface area contributed by atoms with Gasteiger partial charge in [-0.25, -0.2) is 0 Å². The lowest BCUT2D eigenvalue weighted by Gasteiger charge is -2.28. The van der Waals surface area contributed by atoms with Crippen LogP contribution in [0.4, 0.5) is 13.2 Å². The molecule has 16 heavy (non-hydrogen) atoms. The molecule has 0 aliphatic carbocycles. The van der Waals surface area contributed by atoms with Crippen LogP contribution in [0.15, 0.2) is 0 Å². The molecule has 0 saturated heterocycles. The number of nitrogens with two attached hydrogens (primary N) is 1. The molecule has 0 fully saturated rings. The van der Waals surface area contributed by atoms with E-state index >= 15 is 0 Å². The monoisotopic (exact) mass is 241 g/mol. The van der Waals surface area contributed by atoms with E-state index in [9.17, 15) is 18.0 Å². The molecule has 7 heteroatoms.